The minimum Gasteiger partial charge on any atom is -0.493 e. The Morgan fingerprint density at radius 1 is 1.50 bits per heavy atom. The molecule has 1 aromatic carbocycles. The Kier molecular flexibility index (Phi) is 6.04. The Balaban J connectivity index is 1.96. The van der Waals surface area contributed by atoms with Crippen molar-refractivity contribution in [3.8, 4) is 5.75 Å². The number of nitrogens with zero attached hydrogens (tertiary/aromatic N) is 1. The smallest absolute Gasteiger partial charge is 0.321 e. The van der Waals surface area contributed by atoms with E-state index in [4.69, 9.17) is 9.84 Å². The molecule has 2 rings (SSSR count). The number of amides is 2. The summed E-state index contributed by atoms with van der Waals surface area (Å²) in [5, 5.41) is 11.8. The molecule has 1 fully saturated rings. The zero-order valence-electron chi connectivity index (χ0n) is 14.6. The summed E-state index contributed by atoms with van der Waals surface area (Å²) in [5.74, 6) is 1.31. The van der Waals surface area contributed by atoms with E-state index < -0.39 is 12.3 Å². The number of rotatable bonds is 6. The summed E-state index contributed by atoms with van der Waals surface area (Å²) in [6.45, 7) is 6.51. The van der Waals surface area contributed by atoms with Crippen LogP contribution >= 0.6 is 0 Å². The molecule has 1 heterocycles. The van der Waals surface area contributed by atoms with E-state index in [2.05, 4.69) is 19.2 Å². The van der Waals surface area contributed by atoms with Crippen molar-refractivity contribution in [2.75, 3.05) is 31.6 Å². The topological polar surface area (TPSA) is 61.8 Å². The molecular weight excluding hydrogens is 311 g/mol. The quantitative estimate of drug-likeness (QED) is 0.836. The van der Waals surface area contributed by atoms with Gasteiger partial charge in [-0.25, -0.2) is 9.18 Å². The molecule has 1 unspecified atom stereocenters. The van der Waals surface area contributed by atoms with E-state index in [1.165, 1.54) is 4.90 Å². The molecule has 1 saturated heterocycles. The minimum absolute atomic E-state index is 0.0844. The van der Waals surface area contributed by atoms with Gasteiger partial charge in [0.15, 0.2) is 5.67 Å². The Morgan fingerprint density at radius 3 is 2.88 bits per heavy atom. The molecule has 0 aliphatic carbocycles. The fraction of sp³-hybridized carbons (Fsp3) is 0.611. The predicted octanol–water partition coefficient (Wildman–Crippen LogP) is 3.36. The number of aliphatic hydroxyl groups excluding tert-OH is 1. The lowest BCUT2D eigenvalue weighted by Crippen LogP contribution is -2.37. The van der Waals surface area contributed by atoms with E-state index in [1.807, 2.05) is 13.0 Å². The maximum absolute atomic E-state index is 14.0. The molecule has 24 heavy (non-hydrogen) atoms. The minimum atomic E-state index is -1.68. The molecule has 1 atom stereocenters. The van der Waals surface area contributed by atoms with Gasteiger partial charge >= 0.3 is 6.03 Å². The number of carbonyl (C=O) groups is 1. The van der Waals surface area contributed by atoms with Gasteiger partial charge in [-0.1, -0.05) is 19.9 Å². The van der Waals surface area contributed by atoms with Gasteiger partial charge in [0.1, 0.15) is 5.75 Å². The molecule has 1 aromatic rings. The third-order valence-corrected chi connectivity index (χ3v) is 4.27. The predicted molar refractivity (Wildman–Crippen MR) is 92.3 cm³/mol. The van der Waals surface area contributed by atoms with Crippen LogP contribution in [0.3, 0.4) is 0 Å². The second kappa shape index (κ2) is 7.83. The highest BCUT2D eigenvalue weighted by Crippen LogP contribution is 2.27. The highest BCUT2D eigenvalue weighted by atomic mass is 19.1. The summed E-state index contributed by atoms with van der Waals surface area (Å²) in [5.41, 5.74) is -0.0677. The highest BCUT2D eigenvalue weighted by molar-refractivity contribution is 5.89. The first kappa shape index (κ1) is 18.5. The van der Waals surface area contributed by atoms with E-state index in [0.29, 0.717) is 24.8 Å². The fourth-order valence-electron chi connectivity index (χ4n) is 2.58. The van der Waals surface area contributed by atoms with Crippen molar-refractivity contribution in [3.05, 3.63) is 23.8 Å². The molecule has 1 aliphatic heterocycles. The molecule has 0 radical (unpaired) electrons. The average molecular weight is 338 g/mol. The summed E-state index contributed by atoms with van der Waals surface area (Å²) in [6, 6.07) is 5.11. The monoisotopic (exact) mass is 338 g/mol. The van der Waals surface area contributed by atoms with Crippen LogP contribution in [-0.4, -0.2) is 48.0 Å². The van der Waals surface area contributed by atoms with Crippen LogP contribution in [0.4, 0.5) is 14.9 Å². The normalized spacial score (nSPS) is 20.5. The van der Waals surface area contributed by atoms with Crippen LogP contribution in [0.1, 0.15) is 32.3 Å². The Morgan fingerprint density at radius 2 is 2.25 bits per heavy atom. The van der Waals surface area contributed by atoms with Gasteiger partial charge in [-0.05, 0) is 30.9 Å². The van der Waals surface area contributed by atoms with Gasteiger partial charge in [0.05, 0.1) is 19.8 Å². The van der Waals surface area contributed by atoms with Crippen LogP contribution in [0.15, 0.2) is 18.2 Å². The summed E-state index contributed by atoms with van der Waals surface area (Å²) in [4.78, 5) is 13.6. The highest BCUT2D eigenvalue weighted by Gasteiger charge is 2.39. The Bertz CT molecular complexity index is 579. The zero-order valence-corrected chi connectivity index (χ0v) is 14.6. The largest absolute Gasteiger partial charge is 0.493 e. The maximum atomic E-state index is 14.0. The molecule has 0 spiro atoms. The van der Waals surface area contributed by atoms with Crippen LogP contribution in [0.25, 0.3) is 0 Å². The van der Waals surface area contributed by atoms with E-state index in [1.54, 1.807) is 12.1 Å². The molecule has 5 nitrogen and oxygen atoms in total. The van der Waals surface area contributed by atoms with Crippen LogP contribution in [0.5, 0.6) is 5.75 Å². The first-order valence-electron chi connectivity index (χ1n) is 8.42. The lowest BCUT2D eigenvalue weighted by molar-refractivity contribution is 0.0813. The first-order valence-corrected chi connectivity index (χ1v) is 8.42. The number of carbonyl (C=O) groups excluding carboxylic acids is 1. The van der Waals surface area contributed by atoms with Gasteiger partial charge in [0.2, 0.25) is 0 Å². The van der Waals surface area contributed by atoms with Gasteiger partial charge < -0.3 is 20.1 Å². The maximum Gasteiger partial charge on any atom is 0.321 e. The lowest BCUT2D eigenvalue weighted by Gasteiger charge is -2.20. The van der Waals surface area contributed by atoms with Crippen LogP contribution in [0.2, 0.25) is 0 Å². The molecule has 1 aliphatic rings. The van der Waals surface area contributed by atoms with Gasteiger partial charge in [-0.2, -0.15) is 0 Å². The van der Waals surface area contributed by atoms with E-state index in [-0.39, 0.29) is 19.0 Å². The van der Waals surface area contributed by atoms with Crippen molar-refractivity contribution < 1.29 is 19.0 Å². The number of benzene rings is 1. The molecule has 2 N–H and O–H groups in total. The third kappa shape index (κ3) is 4.84. The van der Waals surface area contributed by atoms with Crippen molar-refractivity contribution in [1.29, 1.82) is 0 Å². The van der Waals surface area contributed by atoms with Crippen molar-refractivity contribution in [1.82, 2.24) is 4.90 Å². The summed E-state index contributed by atoms with van der Waals surface area (Å²) in [6.07, 6.45) is 1.12. The number of hydrogen-bond acceptors (Lipinski definition) is 3. The second-order valence-corrected chi connectivity index (χ2v) is 6.92. The standard InChI is InChI=1S/C18H27FN2O3/c1-13(2)6-9-24-16-10-15(5-4-14(16)3)20-17(23)21-8-7-18(19,11-21)12-22/h4-5,10,13,22H,6-9,11-12H2,1-3H3,(H,20,23). The number of halogens is 1. The Hall–Kier alpha value is -1.82. The van der Waals surface area contributed by atoms with Gasteiger partial charge in [-0.3, -0.25) is 0 Å². The zero-order chi connectivity index (χ0) is 17.7. The number of aliphatic hydroxyl groups is 1. The van der Waals surface area contributed by atoms with Crippen LogP contribution in [-0.2, 0) is 0 Å². The lowest BCUT2D eigenvalue weighted by atomic mass is 10.1. The van der Waals surface area contributed by atoms with Crippen molar-refractivity contribution in [2.45, 2.75) is 39.3 Å². The molecule has 134 valence electrons. The SMILES string of the molecule is Cc1ccc(NC(=O)N2CCC(F)(CO)C2)cc1OCCC(C)C. The summed E-state index contributed by atoms with van der Waals surface area (Å²) >= 11 is 0. The number of likely N-dealkylation sites (tertiary alicyclic amines) is 1. The molecular formula is C18H27FN2O3. The second-order valence-electron chi connectivity index (χ2n) is 6.92. The van der Waals surface area contributed by atoms with Crippen molar-refractivity contribution in [3.63, 3.8) is 0 Å². The molecule has 2 amide bonds. The van der Waals surface area contributed by atoms with Gasteiger partial charge in [0.25, 0.3) is 0 Å². The number of anilines is 1. The average Bonchev–Trinajstić information content (AvgIpc) is 2.93. The van der Waals surface area contributed by atoms with Crippen molar-refractivity contribution >= 4 is 11.7 Å². The van der Waals surface area contributed by atoms with E-state index in [9.17, 15) is 9.18 Å². The molecule has 0 bridgehead atoms. The van der Waals surface area contributed by atoms with Crippen LogP contribution in [0, 0.1) is 12.8 Å². The van der Waals surface area contributed by atoms with E-state index >= 15 is 0 Å². The molecule has 0 aromatic heterocycles. The van der Waals surface area contributed by atoms with Crippen LogP contribution < -0.4 is 10.1 Å². The molecule has 6 heteroatoms. The van der Waals surface area contributed by atoms with Gasteiger partial charge in [0, 0.05) is 24.7 Å². The fourth-order valence-corrected chi connectivity index (χ4v) is 2.58. The third-order valence-electron chi connectivity index (χ3n) is 4.27. The number of nitrogens with one attached hydrogen (secondary N) is 1. The summed E-state index contributed by atoms with van der Waals surface area (Å²) < 4.78 is 19.8. The molecule has 0 saturated carbocycles. The number of urea groups is 1. The number of hydrogen-bond donors (Lipinski definition) is 2. The number of ether oxygens (including phenoxy) is 1. The number of alkyl halides is 1. The van der Waals surface area contributed by atoms with Crippen molar-refractivity contribution in [2.24, 2.45) is 5.92 Å². The number of aryl methyl sites for hydroxylation is 1. The summed E-state index contributed by atoms with van der Waals surface area (Å²) in [7, 11) is 0. The Labute approximate surface area is 142 Å². The van der Waals surface area contributed by atoms with Gasteiger partial charge in [-0.15, -0.1) is 0 Å². The first-order chi connectivity index (χ1) is 11.3. The van der Waals surface area contributed by atoms with E-state index in [0.717, 1.165) is 17.7 Å².